The van der Waals surface area contributed by atoms with Crippen LogP contribution < -0.4 is 9.47 Å². The van der Waals surface area contributed by atoms with Crippen LogP contribution >= 0.6 is 0 Å². The van der Waals surface area contributed by atoms with E-state index in [1.807, 2.05) is 54.6 Å². The van der Waals surface area contributed by atoms with E-state index >= 15 is 0 Å². The molecule has 156 valence electrons. The fourth-order valence-electron chi connectivity index (χ4n) is 4.02. The van der Waals surface area contributed by atoms with E-state index < -0.39 is 0 Å². The molecule has 3 aromatic rings. The molecule has 1 fully saturated rings. The minimum absolute atomic E-state index is 0.443. The second-order valence-electron chi connectivity index (χ2n) is 8.10. The Morgan fingerprint density at radius 1 is 0.733 bits per heavy atom. The monoisotopic (exact) mass is 402 g/mol. The van der Waals surface area contributed by atoms with Crippen LogP contribution in [-0.2, 0) is 19.6 Å². The summed E-state index contributed by atoms with van der Waals surface area (Å²) in [6.45, 7) is 0.926. The quantitative estimate of drug-likeness (QED) is 0.431. The second kappa shape index (κ2) is 10.8. The third-order valence-electron chi connectivity index (χ3n) is 5.77. The second-order valence-corrected chi connectivity index (χ2v) is 8.10. The molecule has 0 aliphatic heterocycles. The summed E-state index contributed by atoms with van der Waals surface area (Å²) in [4.78, 5) is 0. The number of nitrogens with zero attached hydrogens (tertiary/aromatic N) is 2. The summed E-state index contributed by atoms with van der Waals surface area (Å²) in [5.41, 5.74) is 3.19. The molecule has 1 saturated carbocycles. The first kappa shape index (κ1) is 20.4. The van der Waals surface area contributed by atoms with Crippen molar-refractivity contribution < 1.29 is 9.47 Å². The third kappa shape index (κ3) is 6.06. The van der Waals surface area contributed by atoms with Gasteiger partial charge in [0.25, 0.3) is 5.88 Å². The van der Waals surface area contributed by atoms with E-state index in [4.69, 9.17) is 9.47 Å². The smallest absolute Gasteiger partial charge is 0.276 e. The van der Waals surface area contributed by atoms with Gasteiger partial charge in [-0.3, -0.25) is 0 Å². The Morgan fingerprint density at radius 2 is 1.37 bits per heavy atom. The zero-order valence-corrected chi connectivity index (χ0v) is 17.5. The molecular weight excluding hydrogens is 372 g/mol. The van der Waals surface area contributed by atoms with E-state index in [2.05, 4.69) is 22.3 Å². The molecule has 0 N–H and O–H groups in total. The lowest BCUT2D eigenvalue weighted by Gasteiger charge is -2.21. The molecule has 1 aliphatic rings. The van der Waals surface area contributed by atoms with Gasteiger partial charge in [0.05, 0.1) is 5.69 Å². The Kier molecular flexibility index (Phi) is 7.32. The molecule has 30 heavy (non-hydrogen) atoms. The van der Waals surface area contributed by atoms with Crippen LogP contribution in [0.5, 0.6) is 11.6 Å². The predicted octanol–water partition coefficient (Wildman–Crippen LogP) is 6.15. The Hall–Kier alpha value is -2.88. The molecule has 0 unspecified atom stereocenters. The molecule has 0 spiro atoms. The van der Waals surface area contributed by atoms with Crippen LogP contribution in [0.25, 0.3) is 0 Å². The van der Waals surface area contributed by atoms with Crippen molar-refractivity contribution in [3.63, 3.8) is 0 Å². The van der Waals surface area contributed by atoms with E-state index in [1.165, 1.54) is 38.5 Å². The lowest BCUT2D eigenvalue weighted by atomic mass is 9.86. The topological polar surface area (TPSA) is 44.2 Å². The maximum atomic E-state index is 6.12. The minimum atomic E-state index is 0.443. The summed E-state index contributed by atoms with van der Waals surface area (Å²) in [5.74, 6) is 1.95. The van der Waals surface area contributed by atoms with E-state index in [0.29, 0.717) is 24.8 Å². The highest BCUT2D eigenvalue weighted by molar-refractivity contribution is 5.34. The molecule has 0 radical (unpaired) electrons. The molecule has 4 heteroatoms. The van der Waals surface area contributed by atoms with Crippen LogP contribution in [0.2, 0.25) is 0 Å². The van der Waals surface area contributed by atoms with Gasteiger partial charge in [0.15, 0.2) is 5.75 Å². The molecule has 1 heterocycles. The molecule has 1 aliphatic carbocycles. The zero-order valence-electron chi connectivity index (χ0n) is 17.5. The summed E-state index contributed by atoms with van der Waals surface area (Å²) in [6, 6.07) is 22.3. The average molecular weight is 403 g/mol. The first-order valence-corrected chi connectivity index (χ1v) is 11.1. The number of rotatable bonds is 9. The van der Waals surface area contributed by atoms with Crippen molar-refractivity contribution >= 4 is 0 Å². The van der Waals surface area contributed by atoms with Crippen LogP contribution in [0.1, 0.15) is 55.3 Å². The highest BCUT2D eigenvalue weighted by Crippen LogP contribution is 2.30. The van der Waals surface area contributed by atoms with Gasteiger partial charge in [0, 0.05) is 6.07 Å². The first-order chi connectivity index (χ1) is 14.9. The van der Waals surface area contributed by atoms with Gasteiger partial charge in [-0.25, -0.2) is 0 Å². The number of ether oxygens (including phenoxy) is 2. The lowest BCUT2D eigenvalue weighted by Crippen LogP contribution is -2.09. The fourth-order valence-corrected chi connectivity index (χ4v) is 4.02. The molecule has 2 aromatic carbocycles. The molecule has 0 bridgehead atoms. The maximum Gasteiger partial charge on any atom is 0.276 e. The van der Waals surface area contributed by atoms with Crippen molar-refractivity contribution in [2.24, 2.45) is 5.92 Å². The van der Waals surface area contributed by atoms with Gasteiger partial charge in [0.2, 0.25) is 0 Å². The van der Waals surface area contributed by atoms with Crippen LogP contribution in [0.3, 0.4) is 0 Å². The molecule has 0 atom stereocenters. The maximum absolute atomic E-state index is 6.12. The summed E-state index contributed by atoms with van der Waals surface area (Å²) in [7, 11) is 0. The molecular formula is C26H30N2O2. The molecule has 0 amide bonds. The van der Waals surface area contributed by atoms with Crippen LogP contribution in [0.15, 0.2) is 66.7 Å². The number of benzene rings is 2. The van der Waals surface area contributed by atoms with Crippen molar-refractivity contribution in [1.29, 1.82) is 0 Å². The molecule has 4 nitrogen and oxygen atoms in total. The van der Waals surface area contributed by atoms with Gasteiger partial charge in [-0.15, -0.1) is 5.10 Å². The molecule has 4 rings (SSSR count). The van der Waals surface area contributed by atoms with Gasteiger partial charge in [-0.1, -0.05) is 92.8 Å². The van der Waals surface area contributed by atoms with Gasteiger partial charge < -0.3 is 9.47 Å². The summed E-state index contributed by atoms with van der Waals surface area (Å²) >= 11 is 0. The normalized spacial score (nSPS) is 14.4. The van der Waals surface area contributed by atoms with Gasteiger partial charge >= 0.3 is 0 Å². The summed E-state index contributed by atoms with van der Waals surface area (Å²) in [6.07, 6.45) is 8.95. The van der Waals surface area contributed by atoms with Crippen LogP contribution in [-0.4, -0.2) is 10.2 Å². The predicted molar refractivity (Wildman–Crippen MR) is 118 cm³/mol. The highest BCUT2D eigenvalue weighted by Gasteiger charge is 2.16. The number of hydrogen-bond donors (Lipinski definition) is 0. The SMILES string of the molecule is c1ccc(COc2cc(CCC3CCCCC3)nnc2OCc2ccccc2)cc1. The van der Waals surface area contributed by atoms with E-state index in [1.54, 1.807) is 0 Å². The zero-order chi connectivity index (χ0) is 20.4. The van der Waals surface area contributed by atoms with E-state index in [0.717, 1.165) is 29.2 Å². The summed E-state index contributed by atoms with van der Waals surface area (Å²) < 4.78 is 12.1. The van der Waals surface area contributed by atoms with E-state index in [9.17, 15) is 0 Å². The van der Waals surface area contributed by atoms with Crippen molar-refractivity contribution in [3.05, 3.63) is 83.6 Å². The Bertz CT molecular complexity index is 893. The van der Waals surface area contributed by atoms with Crippen molar-refractivity contribution in [1.82, 2.24) is 10.2 Å². The number of hydrogen-bond acceptors (Lipinski definition) is 4. The van der Waals surface area contributed by atoms with Crippen LogP contribution in [0.4, 0.5) is 0 Å². The van der Waals surface area contributed by atoms with E-state index in [-0.39, 0.29) is 0 Å². The van der Waals surface area contributed by atoms with Gasteiger partial charge in [-0.2, -0.15) is 5.10 Å². The van der Waals surface area contributed by atoms with Gasteiger partial charge in [0.1, 0.15) is 13.2 Å². The lowest BCUT2D eigenvalue weighted by molar-refractivity contribution is 0.243. The third-order valence-corrected chi connectivity index (χ3v) is 5.77. The Labute approximate surface area is 179 Å². The number of aryl methyl sites for hydroxylation is 1. The van der Waals surface area contributed by atoms with Crippen LogP contribution in [0, 0.1) is 5.92 Å². The number of aromatic nitrogens is 2. The van der Waals surface area contributed by atoms with Crippen molar-refractivity contribution in [3.8, 4) is 11.6 Å². The fraction of sp³-hybridized carbons (Fsp3) is 0.385. The van der Waals surface area contributed by atoms with Gasteiger partial charge in [-0.05, 0) is 29.9 Å². The summed E-state index contributed by atoms with van der Waals surface area (Å²) in [5, 5.41) is 8.81. The standard InChI is InChI=1S/C26H30N2O2/c1-4-10-21(11-5-1)16-17-24-18-25(29-19-22-12-6-2-7-13-22)26(28-27-24)30-20-23-14-8-3-9-15-23/h2-3,6-9,12-15,18,21H,1,4-5,10-11,16-17,19-20H2. The Balaban J connectivity index is 1.44. The minimum Gasteiger partial charge on any atom is -0.483 e. The molecule has 1 aromatic heterocycles. The largest absolute Gasteiger partial charge is 0.483 e. The molecule has 0 saturated heterocycles. The first-order valence-electron chi connectivity index (χ1n) is 11.1. The van der Waals surface area contributed by atoms with Crippen molar-refractivity contribution in [2.75, 3.05) is 0 Å². The highest BCUT2D eigenvalue weighted by atomic mass is 16.5. The van der Waals surface area contributed by atoms with Crippen molar-refractivity contribution in [2.45, 2.75) is 58.2 Å². The Morgan fingerprint density at radius 3 is 2.03 bits per heavy atom. The average Bonchev–Trinajstić information content (AvgIpc) is 2.82.